The molecule has 0 heterocycles. The van der Waals surface area contributed by atoms with E-state index in [1.165, 1.54) is 17.5 Å². The predicted octanol–water partition coefficient (Wildman–Crippen LogP) is 2.44. The number of hydrogen-bond donors (Lipinski definition) is 1. The number of phenolic OH excluding ortho intramolecular Hbond substituents is 1. The molecule has 0 saturated heterocycles. The van der Waals surface area contributed by atoms with Crippen molar-refractivity contribution >= 4 is 0 Å². The zero-order valence-electron chi connectivity index (χ0n) is 6.67. The Hall–Kier alpha value is -0.980. The zero-order valence-corrected chi connectivity index (χ0v) is 6.67. The van der Waals surface area contributed by atoms with E-state index in [9.17, 15) is 5.11 Å². The van der Waals surface area contributed by atoms with E-state index < -0.39 is 0 Å². The van der Waals surface area contributed by atoms with Crippen LogP contribution in [0.3, 0.4) is 0 Å². The number of aromatic hydroxyl groups is 1. The van der Waals surface area contributed by atoms with Crippen molar-refractivity contribution < 1.29 is 5.11 Å². The Morgan fingerprint density at radius 2 is 2.27 bits per heavy atom. The average molecular weight is 148 g/mol. The summed E-state index contributed by atoms with van der Waals surface area (Å²) in [5, 5.41) is 9.45. The fourth-order valence-electron chi connectivity index (χ4n) is 1.84. The molecule has 1 N–H and O–H groups in total. The number of rotatable bonds is 0. The van der Waals surface area contributed by atoms with Gasteiger partial charge in [0.2, 0.25) is 0 Å². The molecule has 0 unspecified atom stereocenters. The topological polar surface area (TPSA) is 20.2 Å². The molecule has 0 bridgehead atoms. The average Bonchev–Trinajstić information content (AvgIpc) is 2.35. The first-order chi connectivity index (χ1) is 5.29. The van der Waals surface area contributed by atoms with Crippen LogP contribution in [-0.2, 0) is 6.42 Å². The van der Waals surface area contributed by atoms with E-state index in [0.717, 1.165) is 6.42 Å². The summed E-state index contributed by atoms with van der Waals surface area (Å²) in [6.07, 6.45) is 2.23. The van der Waals surface area contributed by atoms with Crippen LogP contribution in [0.15, 0.2) is 18.2 Å². The van der Waals surface area contributed by atoms with E-state index in [1.807, 2.05) is 6.07 Å². The van der Waals surface area contributed by atoms with Crippen molar-refractivity contribution in [1.29, 1.82) is 0 Å². The van der Waals surface area contributed by atoms with Crippen molar-refractivity contribution in [3.05, 3.63) is 29.3 Å². The first-order valence-electron chi connectivity index (χ1n) is 4.10. The van der Waals surface area contributed by atoms with Crippen molar-refractivity contribution in [3.63, 3.8) is 0 Å². The van der Waals surface area contributed by atoms with Gasteiger partial charge in [0.15, 0.2) is 0 Å². The van der Waals surface area contributed by atoms with E-state index >= 15 is 0 Å². The summed E-state index contributed by atoms with van der Waals surface area (Å²) in [5.74, 6) is 1.11. The summed E-state index contributed by atoms with van der Waals surface area (Å²) in [4.78, 5) is 0. The summed E-state index contributed by atoms with van der Waals surface area (Å²) in [7, 11) is 0. The van der Waals surface area contributed by atoms with Crippen molar-refractivity contribution in [2.75, 3.05) is 0 Å². The Bertz CT molecular complexity index is 278. The zero-order chi connectivity index (χ0) is 7.84. The van der Waals surface area contributed by atoms with Crippen LogP contribution < -0.4 is 0 Å². The molecule has 1 aromatic rings. The van der Waals surface area contributed by atoms with E-state index in [0.29, 0.717) is 11.7 Å². The van der Waals surface area contributed by atoms with Crippen molar-refractivity contribution in [2.24, 2.45) is 0 Å². The highest BCUT2D eigenvalue weighted by molar-refractivity contribution is 5.43. The smallest absolute Gasteiger partial charge is 0.119 e. The SMILES string of the molecule is C[C@@H]1CCc2c(O)cccc21. The van der Waals surface area contributed by atoms with Crippen LogP contribution in [0.4, 0.5) is 0 Å². The highest BCUT2D eigenvalue weighted by Crippen LogP contribution is 2.36. The molecule has 11 heavy (non-hydrogen) atoms. The van der Waals surface area contributed by atoms with Gasteiger partial charge in [-0.05, 0) is 36.0 Å². The Morgan fingerprint density at radius 1 is 1.45 bits per heavy atom. The van der Waals surface area contributed by atoms with Gasteiger partial charge in [0, 0.05) is 0 Å². The maximum Gasteiger partial charge on any atom is 0.119 e. The van der Waals surface area contributed by atoms with Crippen molar-refractivity contribution in [1.82, 2.24) is 0 Å². The number of hydrogen-bond acceptors (Lipinski definition) is 1. The fourth-order valence-corrected chi connectivity index (χ4v) is 1.84. The molecule has 1 nitrogen and oxygen atoms in total. The maximum absolute atomic E-state index is 9.45. The monoisotopic (exact) mass is 148 g/mol. The molecule has 1 atom stereocenters. The molecule has 58 valence electrons. The Morgan fingerprint density at radius 3 is 3.00 bits per heavy atom. The Kier molecular flexibility index (Phi) is 1.38. The minimum absolute atomic E-state index is 0.479. The third-order valence-corrected chi connectivity index (χ3v) is 2.55. The van der Waals surface area contributed by atoms with Crippen molar-refractivity contribution in [2.45, 2.75) is 25.7 Å². The maximum atomic E-state index is 9.45. The summed E-state index contributed by atoms with van der Waals surface area (Å²) >= 11 is 0. The van der Waals surface area contributed by atoms with E-state index in [1.54, 1.807) is 6.07 Å². The molecule has 0 saturated carbocycles. The van der Waals surface area contributed by atoms with Crippen LogP contribution in [0.1, 0.15) is 30.4 Å². The van der Waals surface area contributed by atoms with Gasteiger partial charge in [-0.15, -0.1) is 0 Å². The summed E-state index contributed by atoms with van der Waals surface area (Å²) in [5.41, 5.74) is 2.50. The summed E-state index contributed by atoms with van der Waals surface area (Å²) < 4.78 is 0. The lowest BCUT2D eigenvalue weighted by atomic mass is 10.0. The summed E-state index contributed by atoms with van der Waals surface area (Å²) in [6.45, 7) is 2.21. The molecule has 0 spiro atoms. The fraction of sp³-hybridized carbons (Fsp3) is 0.400. The largest absolute Gasteiger partial charge is 0.508 e. The number of fused-ring (bicyclic) bond motifs is 1. The van der Waals surface area contributed by atoms with Crippen LogP contribution in [0.25, 0.3) is 0 Å². The molecule has 1 heteroatoms. The van der Waals surface area contributed by atoms with Gasteiger partial charge < -0.3 is 5.11 Å². The normalized spacial score (nSPS) is 21.7. The summed E-state index contributed by atoms with van der Waals surface area (Å²) in [6, 6.07) is 5.82. The molecule has 0 fully saturated rings. The third-order valence-electron chi connectivity index (χ3n) is 2.55. The van der Waals surface area contributed by atoms with E-state index in [4.69, 9.17) is 0 Å². The molecular weight excluding hydrogens is 136 g/mol. The number of benzene rings is 1. The van der Waals surface area contributed by atoms with Gasteiger partial charge in [-0.1, -0.05) is 19.1 Å². The predicted molar refractivity (Wildman–Crippen MR) is 44.8 cm³/mol. The Balaban J connectivity index is 2.57. The van der Waals surface area contributed by atoms with Crippen LogP contribution in [0.2, 0.25) is 0 Å². The second-order valence-electron chi connectivity index (χ2n) is 3.28. The Labute approximate surface area is 66.7 Å². The third kappa shape index (κ3) is 0.917. The molecule has 2 rings (SSSR count). The second-order valence-corrected chi connectivity index (χ2v) is 3.28. The molecule has 0 radical (unpaired) electrons. The van der Waals surface area contributed by atoms with Crippen LogP contribution in [0, 0.1) is 0 Å². The lowest BCUT2D eigenvalue weighted by Gasteiger charge is -2.03. The molecule has 0 amide bonds. The first kappa shape index (κ1) is 6.71. The molecule has 0 aliphatic heterocycles. The highest BCUT2D eigenvalue weighted by atomic mass is 16.3. The van der Waals surface area contributed by atoms with Gasteiger partial charge in [0.05, 0.1) is 0 Å². The molecule has 0 aromatic heterocycles. The quantitative estimate of drug-likeness (QED) is 0.599. The van der Waals surface area contributed by atoms with Crippen LogP contribution in [-0.4, -0.2) is 5.11 Å². The van der Waals surface area contributed by atoms with Crippen LogP contribution >= 0.6 is 0 Å². The lowest BCUT2D eigenvalue weighted by molar-refractivity contribution is 0.469. The minimum Gasteiger partial charge on any atom is -0.508 e. The number of phenols is 1. The molecule has 1 aliphatic carbocycles. The van der Waals surface area contributed by atoms with Gasteiger partial charge in [0.25, 0.3) is 0 Å². The first-order valence-corrected chi connectivity index (χ1v) is 4.10. The van der Waals surface area contributed by atoms with Crippen LogP contribution in [0.5, 0.6) is 5.75 Å². The van der Waals surface area contributed by atoms with Gasteiger partial charge in [-0.2, -0.15) is 0 Å². The second kappa shape index (κ2) is 2.26. The molecule has 1 aromatic carbocycles. The van der Waals surface area contributed by atoms with Gasteiger partial charge in [-0.3, -0.25) is 0 Å². The lowest BCUT2D eigenvalue weighted by Crippen LogP contribution is -1.84. The van der Waals surface area contributed by atoms with Gasteiger partial charge in [-0.25, -0.2) is 0 Å². The minimum atomic E-state index is 0.479. The molecule has 1 aliphatic rings. The molecular formula is C10H12O. The van der Waals surface area contributed by atoms with E-state index in [2.05, 4.69) is 13.0 Å². The van der Waals surface area contributed by atoms with Gasteiger partial charge >= 0.3 is 0 Å². The standard InChI is InChI=1S/C10H12O/c1-7-5-6-9-8(7)3-2-4-10(9)11/h2-4,7,11H,5-6H2,1H3/t7-/m1/s1. The highest BCUT2D eigenvalue weighted by Gasteiger charge is 2.20. The van der Waals surface area contributed by atoms with Crippen molar-refractivity contribution in [3.8, 4) is 5.75 Å². The van der Waals surface area contributed by atoms with Gasteiger partial charge in [0.1, 0.15) is 5.75 Å². The van der Waals surface area contributed by atoms with E-state index in [-0.39, 0.29) is 0 Å².